The van der Waals surface area contributed by atoms with Gasteiger partial charge in [0, 0.05) is 29.1 Å². The van der Waals surface area contributed by atoms with Gasteiger partial charge in [-0.2, -0.15) is 0 Å². The molecular formula is C17H17ClFNS. The third-order valence-corrected chi connectivity index (χ3v) is 5.13. The van der Waals surface area contributed by atoms with Crippen LogP contribution < -0.4 is 0 Å². The van der Waals surface area contributed by atoms with E-state index in [1.54, 1.807) is 12.1 Å². The Bertz CT molecular complexity index is 685. The maximum absolute atomic E-state index is 13.0. The Hall–Kier alpha value is -1.45. The second-order valence-electron chi connectivity index (χ2n) is 5.14. The lowest BCUT2D eigenvalue weighted by molar-refractivity contribution is 0.627. The SMILES string of the molecule is Cc1csc(C2C=CN=C(c3ccc(F)cc3)C2)c1C.Cl. The Kier molecular flexibility index (Phi) is 4.96. The molecule has 1 unspecified atom stereocenters. The van der Waals surface area contributed by atoms with Crippen LogP contribution in [0.3, 0.4) is 0 Å². The van der Waals surface area contributed by atoms with E-state index in [9.17, 15) is 4.39 Å². The minimum Gasteiger partial charge on any atom is -0.261 e. The zero-order valence-corrected chi connectivity index (χ0v) is 13.6. The van der Waals surface area contributed by atoms with Crippen molar-refractivity contribution in [2.75, 3.05) is 0 Å². The van der Waals surface area contributed by atoms with Crippen molar-refractivity contribution in [3.8, 4) is 0 Å². The number of benzene rings is 1. The summed E-state index contributed by atoms with van der Waals surface area (Å²) in [5, 5.41) is 2.21. The van der Waals surface area contributed by atoms with Gasteiger partial charge in [-0.1, -0.05) is 18.2 Å². The summed E-state index contributed by atoms with van der Waals surface area (Å²) in [5.41, 5.74) is 4.77. The molecule has 2 heterocycles. The van der Waals surface area contributed by atoms with Crippen molar-refractivity contribution in [3.63, 3.8) is 0 Å². The van der Waals surface area contributed by atoms with Gasteiger partial charge in [-0.05, 0) is 48.1 Å². The van der Waals surface area contributed by atoms with E-state index in [2.05, 4.69) is 30.3 Å². The summed E-state index contributed by atoms with van der Waals surface area (Å²) in [4.78, 5) is 5.87. The molecule has 0 N–H and O–H groups in total. The molecule has 1 aliphatic heterocycles. The lowest BCUT2D eigenvalue weighted by atomic mass is 9.92. The van der Waals surface area contributed by atoms with Crippen molar-refractivity contribution in [2.24, 2.45) is 4.99 Å². The van der Waals surface area contributed by atoms with E-state index >= 15 is 0 Å². The summed E-state index contributed by atoms with van der Waals surface area (Å²) in [5.74, 6) is 0.174. The highest BCUT2D eigenvalue weighted by Crippen LogP contribution is 2.34. The monoisotopic (exact) mass is 321 g/mol. The fourth-order valence-corrected chi connectivity index (χ4v) is 3.62. The van der Waals surface area contributed by atoms with Crippen LogP contribution in [0, 0.1) is 19.7 Å². The van der Waals surface area contributed by atoms with Gasteiger partial charge < -0.3 is 0 Å². The normalized spacial score (nSPS) is 17.3. The fraction of sp³-hybridized carbons (Fsp3) is 0.235. The molecule has 110 valence electrons. The Morgan fingerprint density at radius 1 is 1.19 bits per heavy atom. The molecule has 0 spiro atoms. The number of allylic oxidation sites excluding steroid dienone is 1. The van der Waals surface area contributed by atoms with Crippen LogP contribution in [0.25, 0.3) is 0 Å². The van der Waals surface area contributed by atoms with Crippen LogP contribution in [0.1, 0.15) is 33.9 Å². The summed E-state index contributed by atoms with van der Waals surface area (Å²) >= 11 is 1.82. The number of hydrogen-bond donors (Lipinski definition) is 0. The van der Waals surface area contributed by atoms with Crippen molar-refractivity contribution in [1.29, 1.82) is 0 Å². The highest BCUT2D eigenvalue weighted by Gasteiger charge is 2.19. The molecule has 3 rings (SSSR count). The molecule has 1 aliphatic rings. The Morgan fingerprint density at radius 3 is 2.52 bits per heavy atom. The molecule has 0 amide bonds. The van der Waals surface area contributed by atoms with Gasteiger partial charge in [-0.15, -0.1) is 23.7 Å². The van der Waals surface area contributed by atoms with Crippen molar-refractivity contribution in [1.82, 2.24) is 0 Å². The fourth-order valence-electron chi connectivity index (χ4n) is 2.47. The molecule has 1 aromatic carbocycles. The molecule has 0 radical (unpaired) electrons. The molecule has 0 saturated heterocycles. The van der Waals surface area contributed by atoms with Crippen LogP contribution in [-0.2, 0) is 0 Å². The number of nitrogens with zero attached hydrogens (tertiary/aromatic N) is 1. The summed E-state index contributed by atoms with van der Waals surface area (Å²) in [6.45, 7) is 4.33. The number of rotatable bonds is 2. The van der Waals surface area contributed by atoms with Gasteiger partial charge in [0.15, 0.2) is 0 Å². The van der Waals surface area contributed by atoms with Crippen molar-refractivity contribution in [3.05, 3.63) is 69.3 Å². The van der Waals surface area contributed by atoms with Gasteiger partial charge in [0.1, 0.15) is 5.82 Å². The summed E-state index contributed by atoms with van der Waals surface area (Å²) in [6, 6.07) is 6.59. The van der Waals surface area contributed by atoms with Gasteiger partial charge in [0.25, 0.3) is 0 Å². The molecule has 1 nitrogen and oxygen atoms in total. The standard InChI is InChI=1S/C17H16FNS.ClH/c1-11-10-20-17(12(11)2)14-7-8-19-16(9-14)13-3-5-15(18)6-4-13;/h3-8,10,14H,9H2,1-2H3;1H. The Morgan fingerprint density at radius 2 is 1.90 bits per heavy atom. The van der Waals surface area contributed by atoms with E-state index < -0.39 is 0 Å². The first kappa shape index (κ1) is 15.9. The highest BCUT2D eigenvalue weighted by atomic mass is 35.5. The van der Waals surface area contributed by atoms with E-state index in [1.807, 2.05) is 17.5 Å². The van der Waals surface area contributed by atoms with Crippen molar-refractivity contribution < 1.29 is 4.39 Å². The number of thiophene rings is 1. The first-order valence-corrected chi connectivity index (χ1v) is 7.57. The quantitative estimate of drug-likeness (QED) is 0.700. The molecule has 0 saturated carbocycles. The molecule has 21 heavy (non-hydrogen) atoms. The molecule has 2 aromatic rings. The molecule has 0 bridgehead atoms. The van der Waals surface area contributed by atoms with E-state index in [4.69, 9.17) is 0 Å². The number of aryl methyl sites for hydroxylation is 1. The average molecular weight is 322 g/mol. The van der Waals surface area contributed by atoms with Crippen LogP contribution in [0.15, 0.2) is 46.9 Å². The van der Waals surface area contributed by atoms with Crippen LogP contribution in [0.5, 0.6) is 0 Å². The van der Waals surface area contributed by atoms with Gasteiger partial charge in [0.05, 0.1) is 0 Å². The highest BCUT2D eigenvalue weighted by molar-refractivity contribution is 7.10. The summed E-state index contributed by atoms with van der Waals surface area (Å²) < 4.78 is 13.0. The maximum Gasteiger partial charge on any atom is 0.123 e. The lowest BCUT2D eigenvalue weighted by Crippen LogP contribution is -2.10. The largest absolute Gasteiger partial charge is 0.261 e. The van der Waals surface area contributed by atoms with Gasteiger partial charge in [-0.3, -0.25) is 4.99 Å². The second-order valence-corrected chi connectivity index (χ2v) is 6.05. The Labute approximate surface area is 134 Å². The van der Waals surface area contributed by atoms with E-state index in [1.165, 1.54) is 28.1 Å². The summed E-state index contributed by atoms with van der Waals surface area (Å²) in [6.07, 6.45) is 4.91. The molecule has 0 aliphatic carbocycles. The second kappa shape index (κ2) is 6.54. The molecule has 1 aromatic heterocycles. The molecular weight excluding hydrogens is 305 g/mol. The van der Waals surface area contributed by atoms with Crippen LogP contribution >= 0.6 is 23.7 Å². The van der Waals surface area contributed by atoms with Crippen LogP contribution in [-0.4, -0.2) is 5.71 Å². The number of aliphatic imine (C=N–C) groups is 1. The molecule has 1 atom stereocenters. The van der Waals surface area contributed by atoms with Gasteiger partial charge >= 0.3 is 0 Å². The van der Waals surface area contributed by atoms with E-state index in [-0.39, 0.29) is 18.2 Å². The maximum atomic E-state index is 13.0. The first-order valence-electron chi connectivity index (χ1n) is 6.69. The predicted molar refractivity (Wildman–Crippen MR) is 90.5 cm³/mol. The molecule has 4 heteroatoms. The van der Waals surface area contributed by atoms with E-state index in [0.717, 1.165) is 17.7 Å². The zero-order chi connectivity index (χ0) is 14.1. The van der Waals surface area contributed by atoms with E-state index in [0.29, 0.717) is 5.92 Å². The third-order valence-electron chi connectivity index (χ3n) is 3.80. The zero-order valence-electron chi connectivity index (χ0n) is 12.0. The summed E-state index contributed by atoms with van der Waals surface area (Å²) in [7, 11) is 0. The van der Waals surface area contributed by atoms with Gasteiger partial charge in [0.2, 0.25) is 0 Å². The van der Waals surface area contributed by atoms with Crippen molar-refractivity contribution in [2.45, 2.75) is 26.2 Å². The minimum absolute atomic E-state index is 0. The minimum atomic E-state index is -0.207. The topological polar surface area (TPSA) is 12.4 Å². The smallest absolute Gasteiger partial charge is 0.123 e. The van der Waals surface area contributed by atoms with Crippen LogP contribution in [0.4, 0.5) is 4.39 Å². The Balaban J connectivity index is 0.00000161. The predicted octanol–water partition coefficient (Wildman–Crippen LogP) is 5.42. The van der Waals surface area contributed by atoms with Crippen LogP contribution in [0.2, 0.25) is 0 Å². The first-order chi connectivity index (χ1) is 9.65. The average Bonchev–Trinajstić information content (AvgIpc) is 2.80. The number of halogens is 2. The molecule has 0 fully saturated rings. The van der Waals surface area contributed by atoms with Crippen molar-refractivity contribution >= 4 is 29.5 Å². The van der Waals surface area contributed by atoms with Gasteiger partial charge in [-0.25, -0.2) is 4.39 Å². The third kappa shape index (κ3) is 3.25. The number of hydrogen-bond acceptors (Lipinski definition) is 2. The lowest BCUT2D eigenvalue weighted by Gasteiger charge is -2.17.